The molecule has 0 aliphatic carbocycles. The summed E-state index contributed by atoms with van der Waals surface area (Å²) in [5.74, 6) is -0.598. The second-order valence-corrected chi connectivity index (χ2v) is 13.4. The number of hydrogen-bond donors (Lipinski definition) is 1. The Morgan fingerprint density at radius 2 is 1.89 bits per heavy atom. The van der Waals surface area contributed by atoms with E-state index in [1.807, 2.05) is 27.7 Å². The van der Waals surface area contributed by atoms with E-state index in [1.165, 1.54) is 6.07 Å². The number of benzene rings is 1. The standard InChI is InChI=1S/C24H33BF2N2O5S/c1-21(2,3)32-20(30)29-19-24(13-26)11-10-17(35(24)31)18(28-19)15-12-14(8-9-16(15)27)25-33-22(4,5)23(6,7)34-25/h8-9,12,17-18H,10-11,13H2,1-7H3,(H,28,29,30). The summed E-state index contributed by atoms with van der Waals surface area (Å²) in [4.78, 5) is 17.1. The monoisotopic (exact) mass is 510 g/mol. The Kier molecular flexibility index (Phi) is 6.46. The van der Waals surface area contributed by atoms with E-state index in [1.54, 1.807) is 32.9 Å². The molecule has 1 aromatic carbocycles. The van der Waals surface area contributed by atoms with Crippen LogP contribution in [0.3, 0.4) is 0 Å². The van der Waals surface area contributed by atoms with Gasteiger partial charge in [-0.2, -0.15) is 0 Å². The molecule has 0 saturated carbocycles. The number of ether oxygens (including phenoxy) is 1. The third-order valence-corrected chi connectivity index (χ3v) is 9.56. The van der Waals surface area contributed by atoms with Crippen LogP contribution in [0.4, 0.5) is 13.6 Å². The first-order valence-corrected chi connectivity index (χ1v) is 13.0. The predicted molar refractivity (Wildman–Crippen MR) is 132 cm³/mol. The van der Waals surface area contributed by atoms with Gasteiger partial charge >= 0.3 is 13.2 Å². The van der Waals surface area contributed by atoms with E-state index >= 15 is 4.39 Å². The van der Waals surface area contributed by atoms with Crippen LogP contribution in [0.2, 0.25) is 0 Å². The summed E-state index contributed by atoms with van der Waals surface area (Å²) in [6.45, 7) is 11.8. The number of halogens is 2. The number of fused-ring (bicyclic) bond motifs is 2. The highest BCUT2D eigenvalue weighted by Crippen LogP contribution is 2.47. The van der Waals surface area contributed by atoms with Gasteiger partial charge in [0.05, 0.1) is 22.5 Å². The maximum atomic E-state index is 15.1. The molecule has 2 fully saturated rings. The van der Waals surface area contributed by atoms with Gasteiger partial charge in [-0.3, -0.25) is 14.5 Å². The van der Waals surface area contributed by atoms with Gasteiger partial charge in [0.25, 0.3) is 0 Å². The summed E-state index contributed by atoms with van der Waals surface area (Å²) >= 11 is 0. The highest BCUT2D eigenvalue weighted by molar-refractivity contribution is 7.88. The lowest BCUT2D eigenvalue weighted by Gasteiger charge is -2.34. The van der Waals surface area contributed by atoms with Gasteiger partial charge in [0, 0.05) is 16.4 Å². The normalized spacial score (nSPS) is 31.3. The summed E-state index contributed by atoms with van der Waals surface area (Å²) in [6.07, 6.45) is -0.217. The zero-order valence-corrected chi connectivity index (χ0v) is 22.1. The summed E-state index contributed by atoms with van der Waals surface area (Å²) < 4.78 is 59.0. The molecular weight excluding hydrogens is 477 g/mol. The number of aliphatic imine (C=N–C) groups is 1. The molecule has 4 rings (SSSR count). The average molecular weight is 510 g/mol. The van der Waals surface area contributed by atoms with Gasteiger partial charge in [0.2, 0.25) is 0 Å². The predicted octanol–water partition coefficient (Wildman–Crippen LogP) is 3.72. The lowest BCUT2D eigenvalue weighted by molar-refractivity contribution is 0.00578. The fourth-order valence-electron chi connectivity index (χ4n) is 4.62. The third-order valence-electron chi connectivity index (χ3n) is 7.24. The van der Waals surface area contributed by atoms with Crippen LogP contribution in [0.15, 0.2) is 23.2 Å². The number of carbonyl (C=O) groups is 1. The van der Waals surface area contributed by atoms with Gasteiger partial charge in [-0.15, -0.1) is 0 Å². The number of nitrogens with zero attached hydrogens (tertiary/aromatic N) is 1. The maximum Gasteiger partial charge on any atom is 0.494 e. The minimum absolute atomic E-state index is 0.0632. The van der Waals surface area contributed by atoms with Crippen LogP contribution in [0.25, 0.3) is 0 Å². The van der Waals surface area contributed by atoms with Crippen LogP contribution < -0.4 is 10.8 Å². The van der Waals surface area contributed by atoms with E-state index in [9.17, 15) is 13.4 Å². The fourth-order valence-corrected chi connectivity index (χ4v) is 6.69. The first-order valence-electron chi connectivity index (χ1n) is 11.8. The van der Waals surface area contributed by atoms with Crippen molar-refractivity contribution in [2.75, 3.05) is 6.67 Å². The molecule has 35 heavy (non-hydrogen) atoms. The average Bonchev–Trinajstić information content (AvgIpc) is 3.09. The molecular formula is C24H33BF2N2O5S. The molecule has 1 N–H and O–H groups in total. The highest BCUT2D eigenvalue weighted by atomic mass is 32.2. The van der Waals surface area contributed by atoms with Gasteiger partial charge < -0.3 is 14.0 Å². The van der Waals surface area contributed by atoms with Crippen molar-refractivity contribution in [1.82, 2.24) is 5.32 Å². The summed E-state index contributed by atoms with van der Waals surface area (Å²) in [7, 11) is -2.44. The van der Waals surface area contributed by atoms with Crippen molar-refractivity contribution >= 4 is 35.3 Å². The Labute approximate surface area is 208 Å². The molecule has 7 nitrogen and oxygen atoms in total. The summed E-state index contributed by atoms with van der Waals surface area (Å²) in [5, 5.41) is 1.93. The van der Waals surface area contributed by atoms with Crippen LogP contribution in [0, 0.1) is 5.82 Å². The van der Waals surface area contributed by atoms with Crippen molar-refractivity contribution in [3.05, 3.63) is 29.6 Å². The number of hydrogen-bond acceptors (Lipinski definition) is 6. The highest BCUT2D eigenvalue weighted by Gasteiger charge is 2.58. The van der Waals surface area contributed by atoms with E-state index < -0.39 is 69.3 Å². The molecule has 2 bridgehead atoms. The van der Waals surface area contributed by atoms with E-state index in [4.69, 9.17) is 14.0 Å². The molecule has 0 radical (unpaired) electrons. The van der Waals surface area contributed by atoms with Crippen LogP contribution in [0.1, 0.15) is 72.9 Å². The van der Waals surface area contributed by atoms with Crippen molar-refractivity contribution < 1.29 is 31.8 Å². The second kappa shape index (κ2) is 8.62. The SMILES string of the molecule is CC(C)(C)OC(=O)NC1=NC(c2cc(B3OC(C)(C)C(C)(C)O3)ccc2F)C2CCC1(CF)S2=O. The molecule has 11 heteroatoms. The number of rotatable bonds is 3. The van der Waals surface area contributed by atoms with E-state index in [0.717, 1.165) is 0 Å². The molecule has 4 unspecified atom stereocenters. The Morgan fingerprint density at radius 3 is 2.46 bits per heavy atom. The Balaban J connectivity index is 1.72. The molecule has 0 aromatic heterocycles. The minimum Gasteiger partial charge on any atom is -0.444 e. The van der Waals surface area contributed by atoms with E-state index in [0.29, 0.717) is 11.9 Å². The van der Waals surface area contributed by atoms with Crippen molar-refractivity contribution in [3.63, 3.8) is 0 Å². The van der Waals surface area contributed by atoms with Gasteiger partial charge in [-0.05, 0) is 72.8 Å². The lowest BCUT2D eigenvalue weighted by Crippen LogP contribution is -2.55. The van der Waals surface area contributed by atoms with Gasteiger partial charge in [0.1, 0.15) is 28.7 Å². The molecule has 192 valence electrons. The van der Waals surface area contributed by atoms with Crippen LogP contribution >= 0.6 is 0 Å². The molecule has 1 amide bonds. The summed E-state index contributed by atoms with van der Waals surface area (Å²) in [6, 6.07) is 3.63. The van der Waals surface area contributed by atoms with Crippen LogP contribution in [0.5, 0.6) is 0 Å². The van der Waals surface area contributed by atoms with Crippen LogP contribution in [-0.4, -0.2) is 56.7 Å². The molecule has 4 atom stereocenters. The van der Waals surface area contributed by atoms with Crippen molar-refractivity contribution in [2.45, 2.75) is 94.1 Å². The molecule has 3 aliphatic rings. The summed E-state index contributed by atoms with van der Waals surface area (Å²) in [5.41, 5.74) is -1.14. The molecule has 3 heterocycles. The maximum absolute atomic E-state index is 15.1. The smallest absolute Gasteiger partial charge is 0.444 e. The van der Waals surface area contributed by atoms with Crippen molar-refractivity contribution in [3.8, 4) is 0 Å². The minimum atomic E-state index is -1.72. The van der Waals surface area contributed by atoms with Crippen LogP contribution in [-0.2, 0) is 24.8 Å². The number of nitrogens with one attached hydrogen (secondary N) is 1. The van der Waals surface area contributed by atoms with E-state index in [-0.39, 0.29) is 17.8 Å². The molecule has 1 aromatic rings. The van der Waals surface area contributed by atoms with E-state index in [2.05, 4.69) is 10.3 Å². The Hall–Kier alpha value is -1.85. The molecule has 2 saturated heterocycles. The second-order valence-electron chi connectivity index (χ2n) is 11.4. The molecule has 3 aliphatic heterocycles. The lowest BCUT2D eigenvalue weighted by atomic mass is 9.77. The number of alkyl carbamates (subject to hydrolysis) is 1. The fraction of sp³-hybridized carbons (Fsp3) is 0.667. The Bertz CT molecular complexity index is 1070. The van der Waals surface area contributed by atoms with Gasteiger partial charge in [0.15, 0.2) is 0 Å². The topological polar surface area (TPSA) is 86.2 Å². The zero-order valence-electron chi connectivity index (χ0n) is 21.2. The Morgan fingerprint density at radius 1 is 1.26 bits per heavy atom. The van der Waals surface area contributed by atoms with Gasteiger partial charge in [-0.1, -0.05) is 12.1 Å². The largest absolute Gasteiger partial charge is 0.494 e. The first-order chi connectivity index (χ1) is 16.1. The molecule has 0 spiro atoms. The number of carbonyl (C=O) groups excluding carboxylic acids is 1. The zero-order chi connectivity index (χ0) is 26.0. The quantitative estimate of drug-likeness (QED) is 0.627. The number of amides is 1. The first kappa shape index (κ1) is 26.2. The van der Waals surface area contributed by atoms with Gasteiger partial charge in [-0.25, -0.2) is 13.6 Å². The van der Waals surface area contributed by atoms with Crippen molar-refractivity contribution in [1.29, 1.82) is 0 Å². The third kappa shape index (κ3) is 4.55. The van der Waals surface area contributed by atoms with Crippen molar-refractivity contribution in [2.24, 2.45) is 4.99 Å². The number of amidine groups is 1. The number of alkyl halides is 1.